The number of carbonyl (C=O) groups is 3. The van der Waals surface area contributed by atoms with Crippen LogP contribution in [0, 0.1) is 0 Å². The van der Waals surface area contributed by atoms with Gasteiger partial charge in [0.05, 0.1) is 52.9 Å². The standard InChI is InChI=1S/C21H38O15/c1-15(34-19(25)30-7-4-22)10-28-13-18(33-12-17(3)36-21(27)32-9-6-24)14-29-11-16(2)35-20(26)31-8-5-23/h15-18,22-24H,4-14H2,1-3H3. The first-order valence-corrected chi connectivity index (χ1v) is 11.3. The summed E-state index contributed by atoms with van der Waals surface area (Å²) in [7, 11) is 0. The molecule has 0 amide bonds. The van der Waals surface area contributed by atoms with Gasteiger partial charge in [0, 0.05) is 0 Å². The maximum Gasteiger partial charge on any atom is 0.508 e. The monoisotopic (exact) mass is 530 g/mol. The third kappa shape index (κ3) is 19.8. The van der Waals surface area contributed by atoms with Gasteiger partial charge in [0.1, 0.15) is 44.2 Å². The number of rotatable bonds is 20. The lowest BCUT2D eigenvalue weighted by Crippen LogP contribution is -2.33. The maximum atomic E-state index is 11.5. The van der Waals surface area contributed by atoms with Gasteiger partial charge in [-0.25, -0.2) is 14.4 Å². The van der Waals surface area contributed by atoms with Crippen LogP contribution < -0.4 is 0 Å². The van der Waals surface area contributed by atoms with Crippen molar-refractivity contribution in [3.63, 3.8) is 0 Å². The van der Waals surface area contributed by atoms with Gasteiger partial charge in [0.15, 0.2) is 0 Å². The van der Waals surface area contributed by atoms with Crippen LogP contribution in [0.2, 0.25) is 0 Å². The highest BCUT2D eigenvalue weighted by Gasteiger charge is 2.18. The largest absolute Gasteiger partial charge is 0.508 e. The van der Waals surface area contributed by atoms with E-state index >= 15 is 0 Å². The number of aliphatic hydroxyl groups is 3. The molecule has 0 aliphatic heterocycles. The molecule has 0 aromatic heterocycles. The Balaban J connectivity index is 4.58. The Bertz CT molecular complexity index is 554. The van der Waals surface area contributed by atoms with E-state index < -0.39 is 42.9 Å². The van der Waals surface area contributed by atoms with Crippen LogP contribution in [0.5, 0.6) is 0 Å². The van der Waals surface area contributed by atoms with Crippen LogP contribution in [0.1, 0.15) is 20.8 Å². The van der Waals surface area contributed by atoms with Gasteiger partial charge in [-0.15, -0.1) is 0 Å². The SMILES string of the molecule is CC(COCC(COCC(C)OC(=O)OCCO)OCC(C)OC(=O)OCCO)OC(=O)OCCO. The van der Waals surface area contributed by atoms with E-state index in [1.807, 2.05) is 0 Å². The molecule has 0 heterocycles. The summed E-state index contributed by atoms with van der Waals surface area (Å²) < 4.78 is 45.4. The zero-order valence-corrected chi connectivity index (χ0v) is 20.8. The molecule has 0 rings (SSSR count). The molecule has 0 saturated carbocycles. The van der Waals surface area contributed by atoms with Gasteiger partial charge in [-0.3, -0.25) is 0 Å². The first kappa shape index (κ1) is 33.6. The van der Waals surface area contributed by atoms with Crippen LogP contribution in [-0.2, 0) is 42.6 Å². The Morgan fingerprint density at radius 1 is 0.556 bits per heavy atom. The Morgan fingerprint density at radius 3 is 1.22 bits per heavy atom. The van der Waals surface area contributed by atoms with Crippen molar-refractivity contribution in [3.05, 3.63) is 0 Å². The molecule has 0 radical (unpaired) electrons. The van der Waals surface area contributed by atoms with E-state index in [1.54, 1.807) is 20.8 Å². The summed E-state index contributed by atoms with van der Waals surface area (Å²) in [5.74, 6) is 0. The fourth-order valence-corrected chi connectivity index (χ4v) is 2.23. The predicted molar refractivity (Wildman–Crippen MR) is 118 cm³/mol. The van der Waals surface area contributed by atoms with Crippen LogP contribution in [0.4, 0.5) is 14.4 Å². The van der Waals surface area contributed by atoms with Gasteiger partial charge in [-0.1, -0.05) is 0 Å². The van der Waals surface area contributed by atoms with E-state index in [-0.39, 0.29) is 72.7 Å². The van der Waals surface area contributed by atoms with Gasteiger partial charge in [-0.2, -0.15) is 0 Å². The summed E-state index contributed by atoms with van der Waals surface area (Å²) in [4.78, 5) is 34.3. The minimum Gasteiger partial charge on any atom is -0.432 e. The lowest BCUT2D eigenvalue weighted by Gasteiger charge is -2.22. The Kier molecular flexibility index (Phi) is 20.3. The highest BCUT2D eigenvalue weighted by Crippen LogP contribution is 2.04. The summed E-state index contributed by atoms with van der Waals surface area (Å²) >= 11 is 0. The van der Waals surface area contributed by atoms with Crippen molar-refractivity contribution in [1.82, 2.24) is 0 Å². The molecule has 0 aromatic rings. The molecule has 3 atom stereocenters. The molecule has 0 fully saturated rings. The zero-order valence-electron chi connectivity index (χ0n) is 20.8. The Morgan fingerprint density at radius 2 is 0.889 bits per heavy atom. The third-order valence-electron chi connectivity index (χ3n) is 3.71. The summed E-state index contributed by atoms with van der Waals surface area (Å²) in [6.07, 6.45) is -5.48. The van der Waals surface area contributed by atoms with Crippen LogP contribution in [0.25, 0.3) is 0 Å². The lowest BCUT2D eigenvalue weighted by atomic mass is 10.3. The molecular weight excluding hydrogens is 492 g/mol. The van der Waals surface area contributed by atoms with Crippen LogP contribution in [0.3, 0.4) is 0 Å². The van der Waals surface area contributed by atoms with E-state index in [0.29, 0.717) is 0 Å². The number of hydrogen-bond acceptors (Lipinski definition) is 15. The normalized spacial score (nSPS) is 14.2. The molecule has 0 saturated heterocycles. The summed E-state index contributed by atoms with van der Waals surface area (Å²) in [6.45, 7) is 3.16. The van der Waals surface area contributed by atoms with Crippen molar-refractivity contribution < 1.29 is 72.3 Å². The van der Waals surface area contributed by atoms with Crippen LogP contribution in [0.15, 0.2) is 0 Å². The Hall–Kier alpha value is -2.43. The molecule has 3 N–H and O–H groups in total. The van der Waals surface area contributed by atoms with Gasteiger partial charge in [0.25, 0.3) is 0 Å². The van der Waals surface area contributed by atoms with Crippen molar-refractivity contribution in [2.24, 2.45) is 0 Å². The van der Waals surface area contributed by atoms with Crippen LogP contribution >= 0.6 is 0 Å². The lowest BCUT2D eigenvalue weighted by molar-refractivity contribution is -0.102. The molecule has 0 aliphatic rings. The molecule has 0 bridgehead atoms. The molecule has 0 aromatic carbocycles. The van der Waals surface area contributed by atoms with Crippen LogP contribution in [-0.4, -0.2) is 131 Å². The fourth-order valence-electron chi connectivity index (χ4n) is 2.23. The average Bonchev–Trinajstić information content (AvgIpc) is 2.82. The second-order valence-electron chi connectivity index (χ2n) is 7.28. The highest BCUT2D eigenvalue weighted by atomic mass is 16.7. The molecular formula is C21H38O15. The number of aliphatic hydroxyl groups excluding tert-OH is 3. The molecule has 15 heteroatoms. The van der Waals surface area contributed by atoms with Gasteiger partial charge in [-0.05, 0) is 20.8 Å². The topological polar surface area (TPSA) is 195 Å². The van der Waals surface area contributed by atoms with E-state index in [1.165, 1.54) is 0 Å². The number of carbonyl (C=O) groups excluding carboxylic acids is 3. The minimum atomic E-state index is -0.956. The first-order valence-electron chi connectivity index (χ1n) is 11.3. The van der Waals surface area contributed by atoms with Gasteiger partial charge in [0.2, 0.25) is 0 Å². The van der Waals surface area contributed by atoms with E-state index in [4.69, 9.17) is 43.7 Å². The molecule has 212 valence electrons. The predicted octanol–water partition coefficient (Wildman–Crippen LogP) is 0.00680. The number of hydrogen-bond donors (Lipinski definition) is 3. The molecule has 0 spiro atoms. The van der Waals surface area contributed by atoms with Crippen molar-refractivity contribution in [3.8, 4) is 0 Å². The smallest absolute Gasteiger partial charge is 0.432 e. The van der Waals surface area contributed by atoms with Crippen molar-refractivity contribution >= 4 is 18.5 Å². The molecule has 0 aliphatic carbocycles. The average molecular weight is 531 g/mol. The minimum absolute atomic E-state index is 0.00381. The molecule has 36 heavy (non-hydrogen) atoms. The Labute approximate surface area is 209 Å². The van der Waals surface area contributed by atoms with Gasteiger partial charge < -0.3 is 58.0 Å². The van der Waals surface area contributed by atoms with E-state index in [9.17, 15) is 14.4 Å². The quantitative estimate of drug-likeness (QED) is 0.140. The third-order valence-corrected chi connectivity index (χ3v) is 3.71. The molecule has 15 nitrogen and oxygen atoms in total. The molecule has 3 unspecified atom stereocenters. The second kappa shape index (κ2) is 21.8. The van der Waals surface area contributed by atoms with Gasteiger partial charge >= 0.3 is 18.5 Å². The first-order chi connectivity index (χ1) is 17.2. The summed E-state index contributed by atoms with van der Waals surface area (Å²) in [5.41, 5.74) is 0. The fraction of sp³-hybridized carbons (Fsp3) is 0.857. The van der Waals surface area contributed by atoms with Crippen molar-refractivity contribution in [2.75, 3.05) is 72.7 Å². The van der Waals surface area contributed by atoms with E-state index in [2.05, 4.69) is 14.2 Å². The summed E-state index contributed by atoms with van der Waals surface area (Å²) in [5, 5.41) is 26.0. The number of ether oxygens (including phenoxy) is 9. The summed E-state index contributed by atoms with van der Waals surface area (Å²) in [6, 6.07) is 0. The van der Waals surface area contributed by atoms with Crippen molar-refractivity contribution in [1.29, 1.82) is 0 Å². The van der Waals surface area contributed by atoms with Crippen molar-refractivity contribution in [2.45, 2.75) is 45.2 Å². The second-order valence-corrected chi connectivity index (χ2v) is 7.28. The maximum absolute atomic E-state index is 11.5. The zero-order chi connectivity index (χ0) is 27.2. The van der Waals surface area contributed by atoms with E-state index in [0.717, 1.165) is 0 Å². The highest BCUT2D eigenvalue weighted by molar-refractivity contribution is 5.60.